The fourth-order valence-corrected chi connectivity index (χ4v) is 7.15. The summed E-state index contributed by atoms with van der Waals surface area (Å²) in [5, 5.41) is 0. The molecule has 0 atom stereocenters. The molecule has 5 aliphatic rings. The van der Waals surface area contributed by atoms with Gasteiger partial charge in [0.25, 0.3) is 0 Å². The minimum absolute atomic E-state index is 0.801. The van der Waals surface area contributed by atoms with Crippen molar-refractivity contribution in [2.24, 2.45) is 25.8 Å². The van der Waals surface area contributed by atoms with Crippen LogP contribution in [0, 0.1) is 0 Å². The first-order valence-corrected chi connectivity index (χ1v) is 16.0. The second kappa shape index (κ2) is 12.3. The third kappa shape index (κ3) is 4.70. The summed E-state index contributed by atoms with van der Waals surface area (Å²) in [5.74, 6) is 6.34. The minimum atomic E-state index is 0.801. The van der Waals surface area contributed by atoms with Crippen molar-refractivity contribution >= 4 is 22.8 Å². The molecule has 5 aliphatic heterocycles. The van der Waals surface area contributed by atoms with Crippen molar-refractivity contribution in [3.8, 4) is 0 Å². The van der Waals surface area contributed by atoms with E-state index >= 15 is 0 Å². The van der Waals surface area contributed by atoms with E-state index in [4.69, 9.17) is 25.8 Å². The Morgan fingerprint density at radius 3 is 1.21 bits per heavy atom. The van der Waals surface area contributed by atoms with E-state index in [1.807, 2.05) is 0 Å². The molecule has 0 saturated heterocycles. The summed E-state index contributed by atoms with van der Waals surface area (Å²) in [5.41, 5.74) is 21.9. The lowest BCUT2D eigenvalue weighted by Crippen LogP contribution is -2.29. The topological polar surface area (TPSA) is 87.5 Å². The molecule has 0 aliphatic carbocycles. The van der Waals surface area contributed by atoms with E-state index in [0.717, 1.165) is 103 Å². The summed E-state index contributed by atoms with van der Waals surface area (Å²) < 4.78 is 0. The van der Waals surface area contributed by atoms with E-state index in [9.17, 15) is 0 Å². The van der Waals surface area contributed by atoms with Crippen molar-refractivity contribution in [2.75, 3.05) is 0 Å². The zero-order valence-corrected chi connectivity index (χ0v) is 26.8. The van der Waals surface area contributed by atoms with E-state index in [1.54, 1.807) is 0 Å². The van der Waals surface area contributed by atoms with Crippen LogP contribution in [0.5, 0.6) is 0 Å². The molecule has 8 bridgehead atoms. The zero-order valence-electron chi connectivity index (χ0n) is 26.8. The number of aliphatic imine (C=N–C) groups is 4. The molecule has 0 amide bonds. The maximum atomic E-state index is 6.34. The highest BCUT2D eigenvalue weighted by Gasteiger charge is 2.32. The Bertz CT molecular complexity index is 1600. The molecule has 6 heteroatoms. The molecule has 5 heterocycles. The highest BCUT2D eigenvalue weighted by molar-refractivity contribution is 6.21. The van der Waals surface area contributed by atoms with Crippen LogP contribution in [0.4, 0.5) is 0 Å². The molecule has 0 saturated carbocycles. The fraction of sp³-hybridized carbons (Fsp3) is 0.444. The number of rotatable bonds is 9. The number of nitrogens with one attached hydrogen (secondary N) is 1. The third-order valence-corrected chi connectivity index (χ3v) is 9.10. The first kappa shape index (κ1) is 29.8. The van der Waals surface area contributed by atoms with Gasteiger partial charge in [0, 0.05) is 0 Å². The van der Waals surface area contributed by atoms with Crippen molar-refractivity contribution in [1.82, 2.24) is 5.43 Å². The first-order valence-electron chi connectivity index (χ1n) is 16.0. The van der Waals surface area contributed by atoms with Crippen LogP contribution in [0.2, 0.25) is 0 Å². The summed E-state index contributed by atoms with van der Waals surface area (Å²) >= 11 is 0. The van der Waals surface area contributed by atoms with E-state index in [0.29, 0.717) is 0 Å². The zero-order chi connectivity index (χ0) is 30.1. The lowest BCUT2D eigenvalue weighted by atomic mass is 9.93. The van der Waals surface area contributed by atoms with Gasteiger partial charge in [-0.15, -0.1) is 0 Å². The number of hydrazine groups is 1. The van der Waals surface area contributed by atoms with Gasteiger partial charge in [-0.25, -0.2) is 20.0 Å². The van der Waals surface area contributed by atoms with Crippen LogP contribution < -0.4 is 11.3 Å². The Balaban J connectivity index is 1.91. The van der Waals surface area contributed by atoms with E-state index in [2.05, 4.69) is 79.0 Å². The van der Waals surface area contributed by atoms with E-state index < -0.39 is 0 Å². The highest BCUT2D eigenvalue weighted by Crippen LogP contribution is 2.41. The van der Waals surface area contributed by atoms with Crippen LogP contribution in [0.3, 0.4) is 0 Å². The van der Waals surface area contributed by atoms with Gasteiger partial charge in [0.15, 0.2) is 0 Å². The van der Waals surface area contributed by atoms with Gasteiger partial charge in [-0.3, -0.25) is 5.84 Å². The van der Waals surface area contributed by atoms with Crippen LogP contribution in [0.1, 0.15) is 107 Å². The molecule has 6 nitrogen and oxygen atoms in total. The molecule has 0 spiro atoms. The van der Waals surface area contributed by atoms with E-state index in [1.165, 1.54) is 44.6 Å². The average molecular weight is 563 g/mol. The number of nitrogens with two attached hydrogens (primary N) is 1. The predicted octanol–water partition coefficient (Wildman–Crippen LogP) is 8.61. The molecular weight excluding hydrogens is 516 g/mol. The van der Waals surface area contributed by atoms with E-state index in [-0.39, 0.29) is 0 Å². The van der Waals surface area contributed by atoms with Gasteiger partial charge in [0.1, 0.15) is 5.70 Å². The second-order valence-electron chi connectivity index (χ2n) is 11.1. The summed E-state index contributed by atoms with van der Waals surface area (Å²) in [6.07, 6.45) is 13.8. The number of allylic oxidation sites excluding steroid dienone is 11. The molecule has 0 aromatic heterocycles. The SMILES string of the molecule is CCC1=C(CC)C2=NC1=CC1=NC(=C(NN)C3=NC(=CC4=NC(=C2)C(CC)=C4CC)C(CC)=C3CC)C(CC)=C1CC. The lowest BCUT2D eigenvalue weighted by molar-refractivity contribution is 0.900. The summed E-state index contributed by atoms with van der Waals surface area (Å²) in [7, 11) is 0. The number of hydrogen-bond donors (Lipinski definition) is 2. The quantitative estimate of drug-likeness (QED) is 0.218. The third-order valence-electron chi connectivity index (χ3n) is 9.10. The molecule has 5 rings (SSSR count). The lowest BCUT2D eigenvalue weighted by Gasteiger charge is -2.14. The molecule has 220 valence electrons. The van der Waals surface area contributed by atoms with Gasteiger partial charge in [-0.05, 0) is 114 Å². The van der Waals surface area contributed by atoms with Crippen molar-refractivity contribution in [3.63, 3.8) is 0 Å². The summed E-state index contributed by atoms with van der Waals surface area (Å²) in [6.45, 7) is 17.7. The van der Waals surface area contributed by atoms with Gasteiger partial charge < -0.3 is 5.43 Å². The molecule has 3 N–H and O–H groups in total. The highest BCUT2D eigenvalue weighted by atomic mass is 15.2. The molecule has 0 radical (unpaired) electrons. The van der Waals surface area contributed by atoms with Gasteiger partial charge in [-0.2, -0.15) is 0 Å². The van der Waals surface area contributed by atoms with Crippen molar-refractivity contribution < 1.29 is 0 Å². The van der Waals surface area contributed by atoms with Gasteiger partial charge in [0.2, 0.25) is 0 Å². The van der Waals surface area contributed by atoms with Crippen LogP contribution in [0.25, 0.3) is 0 Å². The minimum Gasteiger partial charge on any atom is -0.320 e. The maximum Gasteiger partial charge on any atom is 0.101 e. The van der Waals surface area contributed by atoms with Crippen LogP contribution in [0.15, 0.2) is 111 Å². The fourth-order valence-electron chi connectivity index (χ4n) is 7.15. The van der Waals surface area contributed by atoms with Crippen LogP contribution in [-0.2, 0) is 0 Å². The number of nitrogens with zero attached hydrogens (tertiary/aromatic N) is 4. The molecule has 0 aromatic rings. The molecule has 0 fully saturated rings. The standard InChI is InChI=1S/C36H46N6/c1-9-20-22(11-3)30-18-32-24(13-5)26(15-7)34(40-32)36(42-37)35-27(16-8)25(14-6)33(41-35)19-31-23(12-4)21(10-2)29(39-31)17-28(20)38-30/h17-19,42H,9-16,37H2,1-8H3. The van der Waals surface area contributed by atoms with Crippen molar-refractivity contribution in [1.29, 1.82) is 0 Å². The summed E-state index contributed by atoms with van der Waals surface area (Å²) in [6, 6.07) is 0. The maximum absolute atomic E-state index is 6.34. The first-order chi connectivity index (χ1) is 20.4. The van der Waals surface area contributed by atoms with Crippen LogP contribution >= 0.6 is 0 Å². The molecule has 0 unspecified atom stereocenters. The Labute approximate surface area is 251 Å². The van der Waals surface area contributed by atoms with Gasteiger partial charge in [-0.1, -0.05) is 55.4 Å². The molecular formula is C36H46N6. The number of fused-ring (bicyclic) bond motifs is 4. The predicted molar refractivity (Wildman–Crippen MR) is 179 cm³/mol. The molecule has 42 heavy (non-hydrogen) atoms. The Morgan fingerprint density at radius 2 is 0.810 bits per heavy atom. The largest absolute Gasteiger partial charge is 0.320 e. The van der Waals surface area contributed by atoms with Crippen molar-refractivity contribution in [3.05, 3.63) is 91.3 Å². The monoisotopic (exact) mass is 562 g/mol. The van der Waals surface area contributed by atoms with Gasteiger partial charge >= 0.3 is 0 Å². The average Bonchev–Trinajstić information content (AvgIpc) is 3.72. The Hall–Kier alpha value is -3.64. The van der Waals surface area contributed by atoms with Gasteiger partial charge in [0.05, 0.1) is 45.6 Å². The number of hydrogen-bond acceptors (Lipinski definition) is 6. The van der Waals surface area contributed by atoms with Crippen LogP contribution in [-0.4, -0.2) is 22.8 Å². The van der Waals surface area contributed by atoms with Crippen molar-refractivity contribution in [2.45, 2.75) is 107 Å². The molecule has 0 aromatic carbocycles. The smallest absolute Gasteiger partial charge is 0.101 e. The normalized spacial score (nSPS) is 20.4. The Morgan fingerprint density at radius 1 is 0.452 bits per heavy atom. The Kier molecular flexibility index (Phi) is 8.74. The summed E-state index contributed by atoms with van der Waals surface area (Å²) in [4.78, 5) is 21.1. The second-order valence-corrected chi connectivity index (χ2v) is 11.1.